The Bertz CT molecular complexity index is 976. The zero-order valence-electron chi connectivity index (χ0n) is 15.6. The highest BCUT2D eigenvalue weighted by Gasteiger charge is 2.34. The van der Waals surface area contributed by atoms with Gasteiger partial charge in [-0.05, 0) is 31.0 Å². The van der Waals surface area contributed by atoms with Crippen molar-refractivity contribution in [1.29, 1.82) is 0 Å². The van der Waals surface area contributed by atoms with Crippen molar-refractivity contribution in [2.45, 2.75) is 44.2 Å². The van der Waals surface area contributed by atoms with Crippen molar-refractivity contribution in [3.8, 4) is 0 Å². The SMILES string of the molecule is CCCCSc1nc2c(c(=O)[nH]1)[C@H](C(=O)Nc1ccc(C)c(Cl)c1)CC(=O)N2. The van der Waals surface area contributed by atoms with Crippen LogP contribution < -0.4 is 16.2 Å². The summed E-state index contributed by atoms with van der Waals surface area (Å²) in [6.45, 7) is 3.94. The molecule has 148 valence electrons. The minimum atomic E-state index is -0.922. The van der Waals surface area contributed by atoms with Crippen LogP contribution in [0.1, 0.15) is 43.2 Å². The lowest BCUT2D eigenvalue weighted by molar-refractivity contribution is -0.123. The third-order valence-corrected chi connectivity index (χ3v) is 5.79. The molecule has 7 nitrogen and oxygen atoms in total. The molecular formula is C19H21ClN4O3S. The fourth-order valence-electron chi connectivity index (χ4n) is 2.86. The Labute approximate surface area is 171 Å². The maximum absolute atomic E-state index is 12.8. The maximum atomic E-state index is 12.8. The Hall–Kier alpha value is -2.32. The number of unbranched alkanes of at least 4 members (excludes halogenated alkanes) is 1. The molecular weight excluding hydrogens is 400 g/mol. The van der Waals surface area contributed by atoms with E-state index >= 15 is 0 Å². The Kier molecular flexibility index (Phi) is 6.41. The van der Waals surface area contributed by atoms with Crippen LogP contribution in [0.2, 0.25) is 5.02 Å². The standard InChI is InChI=1S/C19H21ClN4O3S/c1-3-4-7-28-19-23-16-15(18(27)24-19)12(9-14(25)22-16)17(26)21-11-6-5-10(2)13(20)8-11/h5-6,8,12H,3-4,7,9H2,1-2H3,(H,21,26)(H2,22,23,24,25,27)/t12-/m1/s1. The number of benzene rings is 1. The van der Waals surface area contributed by atoms with Crippen molar-refractivity contribution < 1.29 is 9.59 Å². The number of H-pyrrole nitrogens is 1. The van der Waals surface area contributed by atoms with E-state index in [1.54, 1.807) is 18.2 Å². The highest BCUT2D eigenvalue weighted by molar-refractivity contribution is 7.99. The predicted octanol–water partition coefficient (Wildman–Crippen LogP) is 3.69. The fraction of sp³-hybridized carbons (Fsp3) is 0.368. The molecule has 1 aromatic carbocycles. The van der Waals surface area contributed by atoms with Gasteiger partial charge in [-0.2, -0.15) is 0 Å². The molecule has 2 heterocycles. The molecule has 0 fully saturated rings. The van der Waals surface area contributed by atoms with Gasteiger partial charge < -0.3 is 15.6 Å². The largest absolute Gasteiger partial charge is 0.325 e. The third kappa shape index (κ3) is 4.56. The molecule has 0 bridgehead atoms. The van der Waals surface area contributed by atoms with Gasteiger partial charge in [0.2, 0.25) is 11.8 Å². The van der Waals surface area contributed by atoms with E-state index in [0.29, 0.717) is 15.9 Å². The van der Waals surface area contributed by atoms with Gasteiger partial charge in [0, 0.05) is 22.9 Å². The number of thioether (sulfide) groups is 1. The number of nitrogens with zero attached hydrogens (tertiary/aromatic N) is 1. The van der Waals surface area contributed by atoms with Crippen molar-refractivity contribution in [3.63, 3.8) is 0 Å². The lowest BCUT2D eigenvalue weighted by atomic mass is 9.92. The van der Waals surface area contributed by atoms with Crippen LogP contribution >= 0.6 is 23.4 Å². The molecule has 0 spiro atoms. The molecule has 2 aromatic rings. The number of hydrogen-bond acceptors (Lipinski definition) is 5. The van der Waals surface area contributed by atoms with E-state index in [0.717, 1.165) is 24.2 Å². The van der Waals surface area contributed by atoms with Crippen molar-refractivity contribution in [3.05, 3.63) is 44.7 Å². The summed E-state index contributed by atoms with van der Waals surface area (Å²) in [5.41, 5.74) is 1.15. The second-order valence-corrected chi connectivity index (χ2v) is 8.08. The molecule has 1 atom stereocenters. The van der Waals surface area contributed by atoms with Gasteiger partial charge in [0.05, 0.1) is 11.5 Å². The van der Waals surface area contributed by atoms with Crippen molar-refractivity contribution >= 4 is 46.7 Å². The molecule has 0 unspecified atom stereocenters. The van der Waals surface area contributed by atoms with E-state index in [4.69, 9.17) is 11.6 Å². The minimum absolute atomic E-state index is 0.120. The normalized spacial score (nSPS) is 15.7. The Balaban J connectivity index is 1.87. The van der Waals surface area contributed by atoms with Crippen LogP contribution in [0.25, 0.3) is 0 Å². The molecule has 9 heteroatoms. The molecule has 0 aliphatic carbocycles. The van der Waals surface area contributed by atoms with Crippen LogP contribution in [0, 0.1) is 6.92 Å². The number of anilines is 2. The molecule has 1 aromatic heterocycles. The second kappa shape index (κ2) is 8.79. The Morgan fingerprint density at radius 3 is 2.89 bits per heavy atom. The number of hydrogen-bond donors (Lipinski definition) is 3. The van der Waals surface area contributed by atoms with E-state index in [1.165, 1.54) is 11.8 Å². The lowest BCUT2D eigenvalue weighted by Gasteiger charge is -2.23. The Morgan fingerprint density at radius 2 is 2.18 bits per heavy atom. The number of nitrogens with one attached hydrogen (secondary N) is 3. The third-order valence-electron chi connectivity index (χ3n) is 4.42. The van der Waals surface area contributed by atoms with Gasteiger partial charge in [-0.1, -0.05) is 42.8 Å². The smallest absolute Gasteiger partial charge is 0.257 e. The summed E-state index contributed by atoms with van der Waals surface area (Å²) in [4.78, 5) is 44.6. The summed E-state index contributed by atoms with van der Waals surface area (Å²) in [6, 6.07) is 5.14. The summed E-state index contributed by atoms with van der Waals surface area (Å²) in [5, 5.41) is 6.30. The number of aryl methyl sites for hydroxylation is 1. The molecule has 3 rings (SSSR count). The predicted molar refractivity (Wildman–Crippen MR) is 111 cm³/mol. The van der Waals surface area contributed by atoms with Crippen LogP contribution in [0.3, 0.4) is 0 Å². The van der Waals surface area contributed by atoms with Gasteiger partial charge in [-0.15, -0.1) is 0 Å². The summed E-state index contributed by atoms with van der Waals surface area (Å²) >= 11 is 7.51. The molecule has 28 heavy (non-hydrogen) atoms. The van der Waals surface area contributed by atoms with Crippen molar-refractivity contribution in [2.24, 2.45) is 0 Å². The van der Waals surface area contributed by atoms with Gasteiger partial charge in [-0.3, -0.25) is 14.4 Å². The molecule has 0 saturated heterocycles. The van der Waals surface area contributed by atoms with Crippen LogP contribution in [-0.2, 0) is 9.59 Å². The number of carbonyl (C=O) groups excluding carboxylic acids is 2. The van der Waals surface area contributed by atoms with Crippen molar-refractivity contribution in [1.82, 2.24) is 9.97 Å². The van der Waals surface area contributed by atoms with E-state index in [-0.39, 0.29) is 23.7 Å². The van der Waals surface area contributed by atoms with E-state index in [9.17, 15) is 14.4 Å². The second-order valence-electron chi connectivity index (χ2n) is 6.59. The molecule has 0 saturated carbocycles. The fourth-order valence-corrected chi connectivity index (χ4v) is 3.98. The quantitative estimate of drug-likeness (QED) is 0.375. The van der Waals surface area contributed by atoms with Crippen LogP contribution in [0.5, 0.6) is 0 Å². The van der Waals surface area contributed by atoms with E-state index in [1.807, 2.05) is 6.92 Å². The van der Waals surface area contributed by atoms with Crippen molar-refractivity contribution in [2.75, 3.05) is 16.4 Å². The first-order valence-electron chi connectivity index (χ1n) is 9.03. The number of halogens is 1. The summed E-state index contributed by atoms with van der Waals surface area (Å²) in [7, 11) is 0. The topological polar surface area (TPSA) is 104 Å². The Morgan fingerprint density at radius 1 is 1.39 bits per heavy atom. The van der Waals surface area contributed by atoms with Gasteiger partial charge in [0.15, 0.2) is 5.16 Å². The number of rotatable bonds is 6. The highest BCUT2D eigenvalue weighted by atomic mass is 35.5. The average Bonchev–Trinajstić information content (AvgIpc) is 2.64. The van der Waals surface area contributed by atoms with Crippen LogP contribution in [-0.4, -0.2) is 27.5 Å². The number of amides is 2. The van der Waals surface area contributed by atoms with E-state index in [2.05, 4.69) is 27.5 Å². The molecule has 1 aliphatic rings. The number of carbonyl (C=O) groups is 2. The number of fused-ring (bicyclic) bond motifs is 1. The van der Waals surface area contributed by atoms with Crippen LogP contribution in [0.15, 0.2) is 28.2 Å². The monoisotopic (exact) mass is 420 g/mol. The number of aromatic nitrogens is 2. The number of aromatic amines is 1. The van der Waals surface area contributed by atoms with Gasteiger partial charge in [-0.25, -0.2) is 4.98 Å². The molecule has 1 aliphatic heterocycles. The molecule has 2 amide bonds. The zero-order valence-corrected chi connectivity index (χ0v) is 17.2. The van der Waals surface area contributed by atoms with Gasteiger partial charge >= 0.3 is 0 Å². The zero-order chi connectivity index (χ0) is 20.3. The first-order chi connectivity index (χ1) is 13.4. The summed E-state index contributed by atoms with van der Waals surface area (Å²) in [5.74, 6) is -0.757. The molecule has 3 N–H and O–H groups in total. The van der Waals surface area contributed by atoms with E-state index < -0.39 is 17.4 Å². The first kappa shape index (κ1) is 20.4. The minimum Gasteiger partial charge on any atom is -0.325 e. The summed E-state index contributed by atoms with van der Waals surface area (Å²) < 4.78 is 0. The highest BCUT2D eigenvalue weighted by Crippen LogP contribution is 2.31. The van der Waals surface area contributed by atoms with Gasteiger partial charge in [0.25, 0.3) is 5.56 Å². The molecule has 0 radical (unpaired) electrons. The average molecular weight is 421 g/mol. The summed E-state index contributed by atoms with van der Waals surface area (Å²) in [6.07, 6.45) is 1.90. The maximum Gasteiger partial charge on any atom is 0.257 e. The van der Waals surface area contributed by atoms with Crippen LogP contribution in [0.4, 0.5) is 11.5 Å². The first-order valence-corrected chi connectivity index (χ1v) is 10.4. The van der Waals surface area contributed by atoms with Gasteiger partial charge in [0.1, 0.15) is 5.82 Å². The lowest BCUT2D eigenvalue weighted by Crippen LogP contribution is -2.36.